The summed E-state index contributed by atoms with van der Waals surface area (Å²) in [5.74, 6) is -2.24. The Morgan fingerprint density at radius 1 is 0.976 bits per heavy atom. The highest BCUT2D eigenvalue weighted by Gasteiger charge is 2.24. The van der Waals surface area contributed by atoms with E-state index in [1.165, 1.54) is 6.07 Å². The van der Waals surface area contributed by atoms with Gasteiger partial charge in [0.25, 0.3) is 0 Å². The molecule has 0 saturated heterocycles. The molecule has 2 aromatic carbocycles. The van der Waals surface area contributed by atoms with Gasteiger partial charge in [-0.25, -0.2) is 19.6 Å². The van der Waals surface area contributed by atoms with Gasteiger partial charge in [0.2, 0.25) is 0 Å². The quantitative estimate of drug-likeness (QED) is 0.101. The summed E-state index contributed by atoms with van der Waals surface area (Å²) in [6, 6.07) is 13.3. The Labute approximate surface area is 249 Å². The van der Waals surface area contributed by atoms with Crippen LogP contribution in [0.15, 0.2) is 59.0 Å². The van der Waals surface area contributed by atoms with E-state index >= 15 is 0 Å². The molecule has 0 bridgehead atoms. The number of para-hydroxylation sites is 1. The Balaban J connectivity index is 1.71. The monoisotopic (exact) mass is 613 g/mol. The lowest BCUT2D eigenvalue weighted by Gasteiger charge is -2.21. The van der Waals surface area contributed by atoms with Gasteiger partial charge in [-0.1, -0.05) is 35.3 Å². The lowest BCUT2D eigenvalue weighted by Crippen LogP contribution is -2.31. The molecule has 0 aliphatic rings. The average molecular weight is 614 g/mol. The second-order valence-electron chi connectivity index (χ2n) is 9.03. The zero-order valence-corrected chi connectivity index (χ0v) is 23.5. The van der Waals surface area contributed by atoms with Gasteiger partial charge in [-0.05, 0) is 55.8 Å². The number of rotatable bonds is 13. The van der Waals surface area contributed by atoms with Crippen molar-refractivity contribution >= 4 is 64.1 Å². The average Bonchev–Trinajstić information content (AvgIpc) is 3.40. The minimum Gasteiger partial charge on any atom is -0.481 e. The number of aromatic nitrogens is 2. The van der Waals surface area contributed by atoms with Crippen LogP contribution in [0.1, 0.15) is 34.8 Å². The first kappa shape index (κ1) is 30.2. The van der Waals surface area contributed by atoms with E-state index in [9.17, 15) is 24.6 Å². The summed E-state index contributed by atoms with van der Waals surface area (Å²) in [5.41, 5.74) is 0.995. The Bertz CT molecular complexity index is 1640. The summed E-state index contributed by atoms with van der Waals surface area (Å²) in [7, 11) is 0. The minimum atomic E-state index is -1.30. The standard InChI is InChI=1S/C28H25Cl2N5O7/c1-14-32-25(34-20-5-3-2-4-17(20)27(38)39)24(26(33-14)35-21(28(40)41)9-11-23(36)37)31-13-16-7-10-22(42-16)18-12-15(29)6-8-19(18)30/h2-8,10,12,21,31H,9,11,13H2,1H3,(H,36,37)(H,38,39)(H,40,41)(H2,32,33,34,35). The first-order chi connectivity index (χ1) is 20.0. The van der Waals surface area contributed by atoms with Gasteiger partial charge >= 0.3 is 17.9 Å². The van der Waals surface area contributed by atoms with E-state index < -0.39 is 30.4 Å². The highest BCUT2D eigenvalue weighted by atomic mass is 35.5. The molecule has 0 aliphatic heterocycles. The van der Waals surface area contributed by atoms with Crippen LogP contribution >= 0.6 is 23.2 Å². The number of aryl methyl sites for hydroxylation is 1. The van der Waals surface area contributed by atoms with Crippen molar-refractivity contribution in [1.29, 1.82) is 0 Å². The number of hydrogen-bond donors (Lipinski definition) is 6. The van der Waals surface area contributed by atoms with Gasteiger partial charge in [0.05, 0.1) is 22.8 Å². The fraction of sp³-hybridized carbons (Fsp3) is 0.179. The Hall–Kier alpha value is -4.81. The van der Waals surface area contributed by atoms with Gasteiger partial charge in [-0.2, -0.15) is 0 Å². The molecule has 4 aromatic rings. The molecule has 12 nitrogen and oxygen atoms in total. The van der Waals surface area contributed by atoms with Gasteiger partial charge in [-0.3, -0.25) is 4.79 Å². The number of carbonyl (C=O) groups is 3. The predicted molar refractivity (Wildman–Crippen MR) is 157 cm³/mol. The molecule has 0 fully saturated rings. The number of carboxylic acid groups (broad SMARTS) is 3. The number of nitrogens with zero attached hydrogens (tertiary/aromatic N) is 2. The molecule has 0 amide bonds. The van der Waals surface area contributed by atoms with Crippen LogP contribution in [0, 0.1) is 6.92 Å². The zero-order valence-electron chi connectivity index (χ0n) is 22.0. The summed E-state index contributed by atoms with van der Waals surface area (Å²) in [5, 5.41) is 38.3. The molecule has 218 valence electrons. The van der Waals surface area contributed by atoms with Gasteiger partial charge in [0, 0.05) is 17.0 Å². The number of nitrogens with one attached hydrogen (secondary N) is 3. The Morgan fingerprint density at radius 2 is 1.71 bits per heavy atom. The van der Waals surface area contributed by atoms with E-state index in [0.717, 1.165) is 0 Å². The molecule has 1 unspecified atom stereocenters. The molecule has 0 saturated carbocycles. The number of furan rings is 1. The van der Waals surface area contributed by atoms with Crippen LogP contribution in [0.5, 0.6) is 0 Å². The van der Waals surface area contributed by atoms with Gasteiger partial charge in [-0.15, -0.1) is 0 Å². The number of benzene rings is 2. The molecule has 4 rings (SSSR count). The molecule has 0 aliphatic carbocycles. The SMILES string of the molecule is Cc1nc(Nc2ccccc2C(=O)O)c(NCc2ccc(-c3cc(Cl)ccc3Cl)o2)c(NC(CCC(=O)O)C(=O)O)n1. The smallest absolute Gasteiger partial charge is 0.337 e. The van der Waals surface area contributed by atoms with Crippen molar-refractivity contribution in [1.82, 2.24) is 9.97 Å². The summed E-state index contributed by atoms with van der Waals surface area (Å²) in [6.45, 7) is 1.64. The third kappa shape index (κ3) is 7.47. The minimum absolute atomic E-state index is 0.0202. The number of anilines is 4. The van der Waals surface area contributed by atoms with E-state index in [-0.39, 0.29) is 47.4 Å². The van der Waals surface area contributed by atoms with E-state index in [2.05, 4.69) is 25.9 Å². The lowest BCUT2D eigenvalue weighted by molar-refractivity contribution is -0.139. The van der Waals surface area contributed by atoms with Gasteiger partial charge in [0.1, 0.15) is 29.1 Å². The molecule has 0 radical (unpaired) electrons. The fourth-order valence-electron chi connectivity index (χ4n) is 4.01. The largest absolute Gasteiger partial charge is 0.481 e. The Morgan fingerprint density at radius 3 is 2.43 bits per heavy atom. The first-order valence-electron chi connectivity index (χ1n) is 12.5. The molecular formula is C28H25Cl2N5O7. The fourth-order valence-corrected chi connectivity index (χ4v) is 4.39. The predicted octanol–water partition coefficient (Wildman–Crippen LogP) is 6.14. The zero-order chi connectivity index (χ0) is 30.4. The number of hydrogen-bond acceptors (Lipinski definition) is 9. The topological polar surface area (TPSA) is 187 Å². The second kappa shape index (κ2) is 13.2. The maximum absolute atomic E-state index is 11.9. The first-order valence-corrected chi connectivity index (χ1v) is 13.2. The third-order valence-corrected chi connectivity index (χ3v) is 6.55. The lowest BCUT2D eigenvalue weighted by atomic mass is 10.1. The number of carboxylic acids is 3. The van der Waals surface area contributed by atoms with Crippen LogP contribution in [0.25, 0.3) is 11.3 Å². The summed E-state index contributed by atoms with van der Waals surface area (Å²) >= 11 is 12.4. The van der Waals surface area contributed by atoms with Gasteiger partial charge < -0.3 is 35.7 Å². The molecule has 14 heteroatoms. The van der Waals surface area contributed by atoms with Crippen molar-refractivity contribution in [2.45, 2.75) is 32.4 Å². The highest BCUT2D eigenvalue weighted by Crippen LogP contribution is 2.34. The molecular weight excluding hydrogens is 589 g/mol. The van der Waals surface area contributed by atoms with Gasteiger partial charge in [0.15, 0.2) is 11.6 Å². The van der Waals surface area contributed by atoms with Crippen molar-refractivity contribution in [3.8, 4) is 11.3 Å². The molecule has 42 heavy (non-hydrogen) atoms. The van der Waals surface area contributed by atoms with Crippen LogP contribution < -0.4 is 16.0 Å². The van der Waals surface area contributed by atoms with Crippen molar-refractivity contribution in [3.05, 3.63) is 81.8 Å². The summed E-state index contributed by atoms with van der Waals surface area (Å²) < 4.78 is 5.96. The summed E-state index contributed by atoms with van der Waals surface area (Å²) in [6.07, 6.45) is -0.616. The highest BCUT2D eigenvalue weighted by molar-refractivity contribution is 6.35. The molecule has 0 spiro atoms. The van der Waals surface area contributed by atoms with Crippen molar-refractivity contribution < 1.29 is 34.1 Å². The molecule has 1 atom stereocenters. The van der Waals surface area contributed by atoms with Crippen molar-refractivity contribution in [2.75, 3.05) is 16.0 Å². The van der Waals surface area contributed by atoms with E-state index in [0.29, 0.717) is 27.1 Å². The van der Waals surface area contributed by atoms with Crippen LogP contribution in [0.3, 0.4) is 0 Å². The Kier molecular flexibility index (Phi) is 9.50. The van der Waals surface area contributed by atoms with E-state index in [4.69, 9.17) is 32.7 Å². The van der Waals surface area contributed by atoms with E-state index in [1.807, 2.05) is 0 Å². The van der Waals surface area contributed by atoms with Crippen molar-refractivity contribution in [3.63, 3.8) is 0 Å². The van der Waals surface area contributed by atoms with E-state index in [1.54, 1.807) is 55.5 Å². The van der Waals surface area contributed by atoms with Crippen LogP contribution in [-0.4, -0.2) is 49.2 Å². The number of halogens is 2. The molecule has 6 N–H and O–H groups in total. The molecule has 2 aromatic heterocycles. The maximum Gasteiger partial charge on any atom is 0.337 e. The molecule has 2 heterocycles. The maximum atomic E-state index is 11.9. The second-order valence-corrected chi connectivity index (χ2v) is 9.87. The number of aliphatic carboxylic acids is 2. The van der Waals surface area contributed by atoms with Crippen LogP contribution in [0.4, 0.5) is 23.0 Å². The van der Waals surface area contributed by atoms with Crippen molar-refractivity contribution in [2.24, 2.45) is 0 Å². The number of aromatic carboxylic acids is 1. The van der Waals surface area contributed by atoms with Crippen LogP contribution in [-0.2, 0) is 16.1 Å². The third-order valence-electron chi connectivity index (χ3n) is 5.98. The normalized spacial score (nSPS) is 11.5. The van der Waals surface area contributed by atoms with Crippen LogP contribution in [0.2, 0.25) is 10.0 Å². The summed E-state index contributed by atoms with van der Waals surface area (Å²) in [4.78, 5) is 43.6.